The quantitative estimate of drug-likeness (QED) is 0.571. The SMILES string of the molecule is CCCN(CCC)S(=O)(=O)c1cc([N+](=O)[O-])ccc1Cl. The summed E-state index contributed by atoms with van der Waals surface area (Å²) in [7, 11) is -3.82. The molecule has 0 unspecified atom stereocenters. The molecule has 6 nitrogen and oxygen atoms in total. The predicted molar refractivity (Wildman–Crippen MR) is 77.4 cm³/mol. The van der Waals surface area contributed by atoms with Gasteiger partial charge >= 0.3 is 0 Å². The van der Waals surface area contributed by atoms with E-state index in [4.69, 9.17) is 11.6 Å². The first-order valence-electron chi connectivity index (χ1n) is 6.28. The van der Waals surface area contributed by atoms with Crippen LogP contribution in [0.25, 0.3) is 0 Å². The number of nitro groups is 1. The lowest BCUT2D eigenvalue weighted by Gasteiger charge is -2.21. The first kappa shape index (κ1) is 16.9. The van der Waals surface area contributed by atoms with E-state index in [0.717, 1.165) is 6.07 Å². The molecule has 112 valence electrons. The van der Waals surface area contributed by atoms with Gasteiger partial charge in [-0.05, 0) is 18.9 Å². The van der Waals surface area contributed by atoms with Gasteiger partial charge in [0.15, 0.2) is 0 Å². The molecule has 0 spiro atoms. The van der Waals surface area contributed by atoms with Crippen molar-refractivity contribution in [1.82, 2.24) is 4.31 Å². The molecule has 20 heavy (non-hydrogen) atoms. The van der Waals surface area contributed by atoms with Gasteiger partial charge in [0.1, 0.15) is 4.90 Å². The van der Waals surface area contributed by atoms with Crippen LogP contribution in [0.3, 0.4) is 0 Å². The molecule has 0 N–H and O–H groups in total. The second-order valence-corrected chi connectivity index (χ2v) is 6.59. The minimum atomic E-state index is -3.82. The Morgan fingerprint density at radius 1 is 1.25 bits per heavy atom. The van der Waals surface area contributed by atoms with Gasteiger partial charge in [-0.2, -0.15) is 4.31 Å². The summed E-state index contributed by atoms with van der Waals surface area (Å²) in [6.45, 7) is 4.45. The molecule has 0 heterocycles. The van der Waals surface area contributed by atoms with E-state index in [1.165, 1.54) is 16.4 Å². The van der Waals surface area contributed by atoms with E-state index in [1.54, 1.807) is 0 Å². The zero-order chi connectivity index (χ0) is 15.3. The number of nitro benzene ring substituents is 1. The molecule has 0 aromatic heterocycles. The number of nitrogens with zero attached hydrogens (tertiary/aromatic N) is 2. The Bertz CT molecular complexity index is 583. The molecule has 1 aromatic carbocycles. The van der Waals surface area contributed by atoms with Gasteiger partial charge in [-0.3, -0.25) is 10.1 Å². The van der Waals surface area contributed by atoms with E-state index in [9.17, 15) is 18.5 Å². The monoisotopic (exact) mass is 320 g/mol. The van der Waals surface area contributed by atoms with E-state index in [0.29, 0.717) is 25.9 Å². The number of rotatable bonds is 7. The Kier molecular flexibility index (Phi) is 5.91. The van der Waals surface area contributed by atoms with Crippen LogP contribution >= 0.6 is 11.6 Å². The summed E-state index contributed by atoms with van der Waals surface area (Å²) < 4.78 is 26.4. The maximum Gasteiger partial charge on any atom is 0.270 e. The Balaban J connectivity index is 3.32. The zero-order valence-corrected chi connectivity index (χ0v) is 12.9. The van der Waals surface area contributed by atoms with Gasteiger partial charge in [0.05, 0.1) is 9.95 Å². The molecule has 0 bridgehead atoms. The Hall–Kier alpha value is -1.18. The standard InChI is InChI=1S/C12H17ClN2O4S/c1-3-7-14(8-4-2)20(18,19)12-9-10(15(16)17)5-6-11(12)13/h5-6,9H,3-4,7-8H2,1-2H3. The molecule has 0 aliphatic carbocycles. The van der Waals surface area contributed by atoms with E-state index in [-0.39, 0.29) is 15.6 Å². The number of hydrogen-bond donors (Lipinski definition) is 0. The highest BCUT2D eigenvalue weighted by atomic mass is 35.5. The van der Waals surface area contributed by atoms with Crippen LogP contribution in [-0.4, -0.2) is 30.7 Å². The molecule has 0 amide bonds. The summed E-state index contributed by atoms with van der Waals surface area (Å²) in [5.41, 5.74) is -0.291. The summed E-state index contributed by atoms with van der Waals surface area (Å²) in [5.74, 6) is 0. The second kappa shape index (κ2) is 7.01. The van der Waals surface area contributed by atoms with Gasteiger partial charge < -0.3 is 0 Å². The highest BCUT2D eigenvalue weighted by Crippen LogP contribution is 2.28. The van der Waals surface area contributed by atoms with E-state index < -0.39 is 14.9 Å². The molecule has 0 fully saturated rings. The van der Waals surface area contributed by atoms with Crippen molar-refractivity contribution in [2.75, 3.05) is 13.1 Å². The maximum atomic E-state index is 12.5. The molecule has 0 aliphatic rings. The first-order valence-corrected chi connectivity index (χ1v) is 8.10. The molecular weight excluding hydrogens is 304 g/mol. The zero-order valence-electron chi connectivity index (χ0n) is 11.4. The first-order chi connectivity index (χ1) is 9.34. The van der Waals surface area contributed by atoms with Gasteiger partial charge in [0.25, 0.3) is 5.69 Å². The van der Waals surface area contributed by atoms with E-state index in [2.05, 4.69) is 0 Å². The smallest absolute Gasteiger partial charge is 0.258 e. The van der Waals surface area contributed by atoms with Crippen molar-refractivity contribution in [2.24, 2.45) is 0 Å². The summed E-state index contributed by atoms with van der Waals surface area (Å²) in [4.78, 5) is 9.91. The third-order valence-corrected chi connectivity index (χ3v) is 5.07. The molecule has 0 aliphatic heterocycles. The average molecular weight is 321 g/mol. The number of benzene rings is 1. The molecule has 0 radical (unpaired) electrons. The molecule has 0 saturated heterocycles. The van der Waals surface area contributed by atoms with Crippen LogP contribution in [0.5, 0.6) is 0 Å². The lowest BCUT2D eigenvalue weighted by Crippen LogP contribution is -2.32. The van der Waals surface area contributed by atoms with Crippen LogP contribution in [0.1, 0.15) is 26.7 Å². The van der Waals surface area contributed by atoms with Crippen molar-refractivity contribution in [2.45, 2.75) is 31.6 Å². The summed E-state index contributed by atoms with van der Waals surface area (Å²) in [6.07, 6.45) is 1.32. The molecule has 8 heteroatoms. The van der Waals surface area contributed by atoms with Crippen molar-refractivity contribution >= 4 is 27.3 Å². The average Bonchev–Trinajstić information content (AvgIpc) is 2.38. The largest absolute Gasteiger partial charge is 0.270 e. The summed E-state index contributed by atoms with van der Waals surface area (Å²) in [6, 6.07) is 3.43. The maximum absolute atomic E-state index is 12.5. The minimum Gasteiger partial charge on any atom is -0.258 e. The van der Waals surface area contributed by atoms with Gasteiger partial charge in [0, 0.05) is 25.2 Å². The van der Waals surface area contributed by atoms with Gasteiger partial charge in [-0.15, -0.1) is 0 Å². The molecule has 0 atom stereocenters. The normalized spacial score (nSPS) is 11.8. The van der Waals surface area contributed by atoms with Crippen LogP contribution in [0.2, 0.25) is 5.02 Å². The molecule has 0 saturated carbocycles. The Morgan fingerprint density at radius 2 is 1.80 bits per heavy atom. The highest BCUT2D eigenvalue weighted by Gasteiger charge is 2.27. The fourth-order valence-corrected chi connectivity index (χ4v) is 3.91. The lowest BCUT2D eigenvalue weighted by molar-refractivity contribution is -0.385. The lowest BCUT2D eigenvalue weighted by atomic mass is 10.3. The van der Waals surface area contributed by atoms with Crippen molar-refractivity contribution < 1.29 is 13.3 Å². The van der Waals surface area contributed by atoms with Crippen LogP contribution < -0.4 is 0 Å². The second-order valence-electron chi connectivity index (χ2n) is 4.28. The van der Waals surface area contributed by atoms with Crippen LogP contribution in [0, 0.1) is 10.1 Å². The van der Waals surface area contributed by atoms with Crippen LogP contribution in [-0.2, 0) is 10.0 Å². The number of sulfonamides is 1. The highest BCUT2D eigenvalue weighted by molar-refractivity contribution is 7.89. The van der Waals surface area contributed by atoms with Crippen LogP contribution in [0.15, 0.2) is 23.1 Å². The van der Waals surface area contributed by atoms with Crippen molar-refractivity contribution in [3.63, 3.8) is 0 Å². The third-order valence-electron chi connectivity index (χ3n) is 2.69. The van der Waals surface area contributed by atoms with Crippen molar-refractivity contribution in [3.8, 4) is 0 Å². The molecular formula is C12H17ClN2O4S. The fourth-order valence-electron chi connectivity index (χ4n) is 1.79. The van der Waals surface area contributed by atoms with Crippen molar-refractivity contribution in [1.29, 1.82) is 0 Å². The van der Waals surface area contributed by atoms with Crippen LogP contribution in [0.4, 0.5) is 5.69 Å². The summed E-state index contributed by atoms with van der Waals surface area (Å²) >= 11 is 5.90. The minimum absolute atomic E-state index is 0.00666. The topological polar surface area (TPSA) is 80.5 Å². The van der Waals surface area contributed by atoms with Gasteiger partial charge in [-0.1, -0.05) is 25.4 Å². The summed E-state index contributed by atoms with van der Waals surface area (Å²) in [5, 5.41) is 10.8. The number of halogens is 1. The predicted octanol–water partition coefficient (Wildman–Crippen LogP) is 3.06. The molecule has 1 rings (SSSR count). The Labute approximate surface area is 123 Å². The van der Waals surface area contributed by atoms with Crippen molar-refractivity contribution in [3.05, 3.63) is 33.3 Å². The Morgan fingerprint density at radius 3 is 2.25 bits per heavy atom. The fraction of sp³-hybridized carbons (Fsp3) is 0.500. The number of hydrogen-bond acceptors (Lipinski definition) is 4. The molecule has 1 aromatic rings. The van der Waals surface area contributed by atoms with E-state index >= 15 is 0 Å². The third kappa shape index (κ3) is 3.68. The van der Waals surface area contributed by atoms with E-state index in [1.807, 2.05) is 13.8 Å². The number of non-ortho nitro benzene ring substituents is 1. The van der Waals surface area contributed by atoms with Gasteiger partial charge in [0.2, 0.25) is 10.0 Å². The van der Waals surface area contributed by atoms with Gasteiger partial charge in [-0.25, -0.2) is 8.42 Å².